The number of nitrogens with two attached hydrogens (primary N) is 2. The van der Waals surface area contributed by atoms with Crippen LogP contribution in [0.25, 0.3) is 10.9 Å². The lowest BCUT2D eigenvalue weighted by Gasteiger charge is -2.30. The van der Waals surface area contributed by atoms with E-state index in [2.05, 4.69) is 61.1 Å². The third-order valence-electron chi connectivity index (χ3n) is 4.44. The third-order valence-corrected chi connectivity index (χ3v) is 4.44. The molecular formula is C18H25N5. The summed E-state index contributed by atoms with van der Waals surface area (Å²) in [5.74, 6) is 0.480. The molecule has 1 heterocycles. The number of nitrogens with one attached hydrogen (secondary N) is 1. The Balaban J connectivity index is 2.24. The van der Waals surface area contributed by atoms with Crippen LogP contribution in [-0.4, -0.2) is 16.7 Å². The van der Waals surface area contributed by atoms with Crippen molar-refractivity contribution in [2.75, 3.05) is 0 Å². The number of fused-ring (bicyclic) bond motifs is 3. The average Bonchev–Trinajstić information content (AvgIpc) is 2.79. The summed E-state index contributed by atoms with van der Waals surface area (Å²) in [6, 6.07) is 6.61. The molecule has 1 aromatic carbocycles. The fraction of sp³-hybridized carbons (Fsp3) is 0.444. The van der Waals surface area contributed by atoms with E-state index < -0.39 is 0 Å². The van der Waals surface area contributed by atoms with Crippen molar-refractivity contribution in [3.63, 3.8) is 0 Å². The summed E-state index contributed by atoms with van der Waals surface area (Å²) in [7, 11) is 0. The minimum absolute atomic E-state index is 0.00913. The normalized spacial score (nSPS) is 18.4. The molecule has 5 nitrogen and oxygen atoms in total. The molecule has 0 radical (unpaired) electrons. The summed E-state index contributed by atoms with van der Waals surface area (Å²) in [6.07, 6.45) is 1.85. The van der Waals surface area contributed by atoms with Gasteiger partial charge in [0.1, 0.15) is 0 Å². The molecular weight excluding hydrogens is 286 g/mol. The average molecular weight is 311 g/mol. The summed E-state index contributed by atoms with van der Waals surface area (Å²) < 4.78 is 0. The van der Waals surface area contributed by atoms with Gasteiger partial charge in [-0.3, -0.25) is 0 Å². The minimum atomic E-state index is -0.00913. The second kappa shape index (κ2) is 5.41. The van der Waals surface area contributed by atoms with Gasteiger partial charge in [-0.05, 0) is 41.9 Å². The molecule has 1 aromatic heterocycles. The Morgan fingerprint density at radius 1 is 1.22 bits per heavy atom. The molecule has 0 saturated heterocycles. The predicted molar refractivity (Wildman–Crippen MR) is 96.8 cm³/mol. The molecule has 23 heavy (non-hydrogen) atoms. The number of hydrogen-bond donors (Lipinski definition) is 3. The summed E-state index contributed by atoms with van der Waals surface area (Å²) >= 11 is 0. The molecule has 0 atom stereocenters. The van der Waals surface area contributed by atoms with E-state index in [9.17, 15) is 0 Å². The topological polar surface area (TPSA) is 92.5 Å². The molecule has 122 valence electrons. The lowest BCUT2D eigenvalue weighted by molar-refractivity contribution is 0.369. The van der Waals surface area contributed by atoms with Gasteiger partial charge in [-0.2, -0.15) is 5.10 Å². The Kier molecular flexibility index (Phi) is 3.66. The fourth-order valence-electron chi connectivity index (χ4n) is 3.37. The van der Waals surface area contributed by atoms with E-state index in [4.69, 9.17) is 11.5 Å². The number of hydrogen-bond acceptors (Lipinski definition) is 2. The second-order valence-electron chi connectivity index (χ2n) is 7.53. The lowest BCUT2D eigenvalue weighted by atomic mass is 9.75. The summed E-state index contributed by atoms with van der Waals surface area (Å²) in [6.45, 7) is 8.90. The smallest absolute Gasteiger partial charge is 0.211 e. The standard InChI is InChI=1S/C18H25N5/c1-10(2)11-5-6-13-12(7-11)16-14(21-13)8-18(3,4)9-15(16)22-23-17(19)20/h5-7,10,21H,8-9H2,1-4H3,(H4,19,20,23)/b22-15+. The van der Waals surface area contributed by atoms with Crippen LogP contribution in [0.15, 0.2) is 28.4 Å². The zero-order valence-electron chi connectivity index (χ0n) is 14.3. The molecule has 0 saturated carbocycles. The van der Waals surface area contributed by atoms with E-state index in [1.165, 1.54) is 22.2 Å². The number of H-pyrrole nitrogens is 1. The van der Waals surface area contributed by atoms with Crippen molar-refractivity contribution in [2.45, 2.75) is 46.5 Å². The largest absolute Gasteiger partial charge is 0.369 e. The summed E-state index contributed by atoms with van der Waals surface area (Å²) in [5.41, 5.74) is 16.9. The highest BCUT2D eigenvalue weighted by Crippen LogP contribution is 2.39. The van der Waals surface area contributed by atoms with E-state index in [0.717, 1.165) is 24.1 Å². The minimum Gasteiger partial charge on any atom is -0.369 e. The summed E-state index contributed by atoms with van der Waals surface area (Å²) in [5, 5.41) is 9.47. The SMILES string of the molecule is CC(C)c1ccc2[nH]c3c(c2c1)/C(=N/N=C(N)N)CC(C)(C)C3. The van der Waals surface area contributed by atoms with Crippen molar-refractivity contribution in [1.29, 1.82) is 0 Å². The maximum Gasteiger partial charge on any atom is 0.211 e. The van der Waals surface area contributed by atoms with Gasteiger partial charge in [0.15, 0.2) is 0 Å². The van der Waals surface area contributed by atoms with E-state index >= 15 is 0 Å². The number of aromatic amines is 1. The zero-order valence-corrected chi connectivity index (χ0v) is 14.3. The van der Waals surface area contributed by atoms with E-state index in [-0.39, 0.29) is 11.4 Å². The Hall–Kier alpha value is -2.30. The highest BCUT2D eigenvalue weighted by molar-refractivity contribution is 6.13. The van der Waals surface area contributed by atoms with Gasteiger partial charge >= 0.3 is 0 Å². The molecule has 2 aromatic rings. The number of nitrogens with zero attached hydrogens (tertiary/aromatic N) is 2. The Morgan fingerprint density at radius 2 is 1.96 bits per heavy atom. The van der Waals surface area contributed by atoms with Gasteiger partial charge in [0, 0.05) is 22.2 Å². The monoisotopic (exact) mass is 311 g/mol. The molecule has 0 amide bonds. The third kappa shape index (κ3) is 2.96. The van der Waals surface area contributed by atoms with Crippen LogP contribution in [0.4, 0.5) is 0 Å². The van der Waals surface area contributed by atoms with E-state index in [1.54, 1.807) is 0 Å². The fourth-order valence-corrected chi connectivity index (χ4v) is 3.37. The first-order valence-corrected chi connectivity index (χ1v) is 8.07. The maximum absolute atomic E-state index is 5.46. The molecule has 1 aliphatic rings. The van der Waals surface area contributed by atoms with Gasteiger partial charge in [0.2, 0.25) is 5.96 Å². The highest BCUT2D eigenvalue weighted by atomic mass is 15.3. The quantitative estimate of drug-likeness (QED) is 0.451. The predicted octanol–water partition coefficient (Wildman–Crippen LogP) is 3.24. The molecule has 0 fully saturated rings. The molecule has 0 unspecified atom stereocenters. The van der Waals surface area contributed by atoms with Gasteiger partial charge in [-0.25, -0.2) is 0 Å². The molecule has 0 bridgehead atoms. The maximum atomic E-state index is 5.46. The first-order chi connectivity index (χ1) is 10.8. The van der Waals surface area contributed by atoms with Crippen LogP contribution in [0.1, 0.15) is 56.9 Å². The van der Waals surface area contributed by atoms with Crippen molar-refractivity contribution < 1.29 is 0 Å². The zero-order chi connectivity index (χ0) is 16.8. The van der Waals surface area contributed by atoms with Crippen LogP contribution < -0.4 is 11.5 Å². The van der Waals surface area contributed by atoms with Crippen molar-refractivity contribution in [2.24, 2.45) is 27.1 Å². The highest BCUT2D eigenvalue weighted by Gasteiger charge is 2.32. The number of aromatic nitrogens is 1. The van der Waals surface area contributed by atoms with Gasteiger partial charge in [0.25, 0.3) is 0 Å². The molecule has 1 aliphatic carbocycles. The van der Waals surface area contributed by atoms with Crippen molar-refractivity contribution in [3.8, 4) is 0 Å². The number of rotatable bonds is 2. The van der Waals surface area contributed by atoms with E-state index in [1.807, 2.05) is 0 Å². The van der Waals surface area contributed by atoms with E-state index in [0.29, 0.717) is 5.92 Å². The van der Waals surface area contributed by atoms with Crippen LogP contribution >= 0.6 is 0 Å². The van der Waals surface area contributed by atoms with Crippen molar-refractivity contribution in [1.82, 2.24) is 4.98 Å². The number of guanidine groups is 1. The molecule has 0 spiro atoms. The van der Waals surface area contributed by atoms with Gasteiger partial charge in [-0.1, -0.05) is 33.8 Å². The van der Waals surface area contributed by atoms with Crippen LogP contribution in [0, 0.1) is 5.41 Å². The van der Waals surface area contributed by atoms with Crippen LogP contribution in [0.5, 0.6) is 0 Å². The molecule has 3 rings (SSSR count). The Bertz CT molecular complexity index is 804. The Morgan fingerprint density at radius 3 is 2.61 bits per heavy atom. The van der Waals surface area contributed by atoms with Gasteiger partial charge in [0.05, 0.1) is 5.71 Å². The molecule has 0 aliphatic heterocycles. The first-order valence-electron chi connectivity index (χ1n) is 8.07. The first kappa shape index (κ1) is 15.6. The van der Waals surface area contributed by atoms with Crippen LogP contribution in [0.3, 0.4) is 0 Å². The van der Waals surface area contributed by atoms with Crippen molar-refractivity contribution in [3.05, 3.63) is 35.0 Å². The molecule has 5 heteroatoms. The lowest BCUT2D eigenvalue weighted by Crippen LogP contribution is -2.27. The van der Waals surface area contributed by atoms with Gasteiger partial charge < -0.3 is 16.5 Å². The second-order valence-corrected chi connectivity index (χ2v) is 7.53. The molecule has 5 N–H and O–H groups in total. The number of benzene rings is 1. The van der Waals surface area contributed by atoms with Crippen molar-refractivity contribution >= 4 is 22.6 Å². The van der Waals surface area contributed by atoms with Crippen LogP contribution in [-0.2, 0) is 6.42 Å². The van der Waals surface area contributed by atoms with Crippen LogP contribution in [0.2, 0.25) is 0 Å². The van der Waals surface area contributed by atoms with Gasteiger partial charge in [-0.15, -0.1) is 5.10 Å². The summed E-state index contributed by atoms with van der Waals surface area (Å²) in [4.78, 5) is 3.56. The Labute approximate surface area is 136 Å².